The van der Waals surface area contributed by atoms with Gasteiger partial charge in [0.15, 0.2) is 6.10 Å². The van der Waals surface area contributed by atoms with Crippen LogP contribution in [0.4, 0.5) is 5.69 Å². The molecule has 0 spiro atoms. The van der Waals surface area contributed by atoms with E-state index in [1.165, 1.54) is 6.92 Å². The summed E-state index contributed by atoms with van der Waals surface area (Å²) in [5.41, 5.74) is 0.550. The van der Waals surface area contributed by atoms with E-state index < -0.39 is 6.10 Å². The Morgan fingerprint density at radius 3 is 2.86 bits per heavy atom. The second-order valence-corrected chi connectivity index (χ2v) is 5.32. The highest BCUT2D eigenvalue weighted by atomic mass is 16.5. The molecule has 1 fully saturated rings. The van der Waals surface area contributed by atoms with Gasteiger partial charge in [-0.25, -0.2) is 0 Å². The lowest BCUT2D eigenvalue weighted by Crippen LogP contribution is -2.40. The first-order valence-electron chi connectivity index (χ1n) is 7.49. The molecule has 1 saturated heterocycles. The number of hydrogen-bond acceptors (Lipinski definition) is 4. The largest absolute Gasteiger partial charge is 0.479 e. The Kier molecular flexibility index (Phi) is 5.77. The number of para-hydroxylation sites is 2. The molecule has 120 valence electrons. The molecule has 2 rings (SSSR count). The molecule has 0 aromatic heterocycles. The third-order valence-electron chi connectivity index (χ3n) is 3.40. The lowest BCUT2D eigenvalue weighted by Gasteiger charge is -2.18. The number of anilines is 1. The molecule has 1 aliphatic heterocycles. The predicted octanol–water partition coefficient (Wildman–Crippen LogP) is 1.71. The first-order chi connectivity index (χ1) is 10.6. The molecular weight excluding hydrogens is 284 g/mol. The number of benzene rings is 1. The molecule has 1 aromatic rings. The molecule has 0 aliphatic carbocycles. The number of amides is 2. The maximum Gasteiger partial charge on any atom is 0.260 e. The summed E-state index contributed by atoms with van der Waals surface area (Å²) >= 11 is 0. The summed E-state index contributed by atoms with van der Waals surface area (Å²) in [7, 11) is 0. The molecule has 0 radical (unpaired) electrons. The summed E-state index contributed by atoms with van der Waals surface area (Å²) in [6.45, 7) is 4.36. The standard InChI is InChI=1S/C16H22N2O4/c1-11(16(20)17-10-13-6-5-9-21-13)22-15-8-4-3-7-14(15)18-12(2)19/h3-4,7-8,11,13H,5-6,9-10H2,1-2H3,(H,17,20)(H,18,19)/t11-,13-/m1/s1. The van der Waals surface area contributed by atoms with Crippen LogP contribution in [-0.4, -0.2) is 37.2 Å². The third-order valence-corrected chi connectivity index (χ3v) is 3.40. The fourth-order valence-corrected chi connectivity index (χ4v) is 2.27. The molecule has 6 nitrogen and oxygen atoms in total. The number of nitrogens with one attached hydrogen (secondary N) is 2. The van der Waals surface area contributed by atoms with E-state index in [2.05, 4.69) is 10.6 Å². The molecule has 1 aliphatic rings. The number of hydrogen-bond donors (Lipinski definition) is 2. The van der Waals surface area contributed by atoms with Crippen molar-refractivity contribution in [3.63, 3.8) is 0 Å². The summed E-state index contributed by atoms with van der Waals surface area (Å²) < 4.78 is 11.1. The molecular formula is C16H22N2O4. The van der Waals surface area contributed by atoms with Crippen molar-refractivity contribution in [3.05, 3.63) is 24.3 Å². The monoisotopic (exact) mass is 306 g/mol. The molecule has 2 amide bonds. The summed E-state index contributed by atoms with van der Waals surface area (Å²) in [6, 6.07) is 7.03. The van der Waals surface area contributed by atoms with Gasteiger partial charge in [0, 0.05) is 20.1 Å². The Morgan fingerprint density at radius 2 is 2.18 bits per heavy atom. The van der Waals surface area contributed by atoms with Crippen LogP contribution in [-0.2, 0) is 14.3 Å². The fourth-order valence-electron chi connectivity index (χ4n) is 2.27. The van der Waals surface area contributed by atoms with Gasteiger partial charge in [-0.1, -0.05) is 12.1 Å². The van der Waals surface area contributed by atoms with Gasteiger partial charge in [0.1, 0.15) is 5.75 Å². The van der Waals surface area contributed by atoms with Gasteiger partial charge in [0.25, 0.3) is 5.91 Å². The van der Waals surface area contributed by atoms with Crippen molar-refractivity contribution < 1.29 is 19.1 Å². The van der Waals surface area contributed by atoms with Crippen LogP contribution in [0, 0.1) is 0 Å². The van der Waals surface area contributed by atoms with Crippen molar-refractivity contribution >= 4 is 17.5 Å². The number of rotatable bonds is 6. The average molecular weight is 306 g/mol. The van der Waals surface area contributed by atoms with Gasteiger partial charge in [-0.15, -0.1) is 0 Å². The third kappa shape index (κ3) is 4.73. The van der Waals surface area contributed by atoms with Gasteiger partial charge in [-0.3, -0.25) is 9.59 Å². The Hall–Kier alpha value is -2.08. The maximum atomic E-state index is 12.1. The first kappa shape index (κ1) is 16.3. The normalized spacial score (nSPS) is 18.5. The number of carbonyl (C=O) groups excluding carboxylic acids is 2. The van der Waals surface area contributed by atoms with E-state index in [0.29, 0.717) is 18.0 Å². The Bertz CT molecular complexity index is 527. The van der Waals surface area contributed by atoms with Crippen LogP contribution in [0.15, 0.2) is 24.3 Å². The van der Waals surface area contributed by atoms with E-state index in [4.69, 9.17) is 9.47 Å². The van der Waals surface area contributed by atoms with Crippen LogP contribution < -0.4 is 15.4 Å². The van der Waals surface area contributed by atoms with E-state index in [0.717, 1.165) is 19.4 Å². The van der Waals surface area contributed by atoms with E-state index >= 15 is 0 Å². The van der Waals surface area contributed by atoms with E-state index in [1.54, 1.807) is 31.2 Å². The van der Waals surface area contributed by atoms with Gasteiger partial charge < -0.3 is 20.1 Å². The van der Waals surface area contributed by atoms with Gasteiger partial charge in [0.2, 0.25) is 5.91 Å². The summed E-state index contributed by atoms with van der Waals surface area (Å²) in [5.74, 6) is 0.0807. The van der Waals surface area contributed by atoms with Gasteiger partial charge in [0.05, 0.1) is 11.8 Å². The van der Waals surface area contributed by atoms with Crippen molar-refractivity contribution in [3.8, 4) is 5.75 Å². The van der Waals surface area contributed by atoms with Gasteiger partial charge in [-0.2, -0.15) is 0 Å². The molecule has 2 N–H and O–H groups in total. The van der Waals surface area contributed by atoms with Gasteiger partial charge >= 0.3 is 0 Å². The Morgan fingerprint density at radius 1 is 1.41 bits per heavy atom. The minimum absolute atomic E-state index is 0.0998. The molecule has 1 aromatic carbocycles. The maximum absolute atomic E-state index is 12.1. The van der Waals surface area contributed by atoms with Crippen LogP contribution in [0.25, 0.3) is 0 Å². The molecule has 0 unspecified atom stereocenters. The fraction of sp³-hybridized carbons (Fsp3) is 0.500. The number of ether oxygens (including phenoxy) is 2. The smallest absolute Gasteiger partial charge is 0.260 e. The van der Waals surface area contributed by atoms with Crippen molar-refractivity contribution in [2.24, 2.45) is 0 Å². The molecule has 22 heavy (non-hydrogen) atoms. The molecule has 1 heterocycles. The highest BCUT2D eigenvalue weighted by Crippen LogP contribution is 2.24. The zero-order chi connectivity index (χ0) is 15.9. The van der Waals surface area contributed by atoms with Crippen LogP contribution in [0.1, 0.15) is 26.7 Å². The SMILES string of the molecule is CC(=O)Nc1ccccc1O[C@H](C)C(=O)NC[C@H]1CCCO1. The minimum atomic E-state index is -0.656. The van der Waals surface area contributed by atoms with Crippen molar-refractivity contribution in [2.75, 3.05) is 18.5 Å². The van der Waals surface area contributed by atoms with E-state index in [9.17, 15) is 9.59 Å². The second-order valence-electron chi connectivity index (χ2n) is 5.32. The minimum Gasteiger partial charge on any atom is -0.479 e. The highest BCUT2D eigenvalue weighted by molar-refractivity contribution is 5.90. The van der Waals surface area contributed by atoms with Crippen LogP contribution >= 0.6 is 0 Å². The summed E-state index contributed by atoms with van der Waals surface area (Å²) in [6.07, 6.45) is 1.46. The molecule has 6 heteroatoms. The van der Waals surface area contributed by atoms with E-state index in [1.807, 2.05) is 0 Å². The van der Waals surface area contributed by atoms with Crippen LogP contribution in [0.2, 0.25) is 0 Å². The Balaban J connectivity index is 1.88. The first-order valence-corrected chi connectivity index (χ1v) is 7.49. The summed E-state index contributed by atoms with van der Waals surface area (Å²) in [5, 5.41) is 5.51. The lowest BCUT2D eigenvalue weighted by molar-refractivity contribution is -0.127. The molecule has 0 saturated carbocycles. The highest BCUT2D eigenvalue weighted by Gasteiger charge is 2.20. The zero-order valence-corrected chi connectivity index (χ0v) is 12.9. The van der Waals surface area contributed by atoms with Crippen LogP contribution in [0.3, 0.4) is 0 Å². The zero-order valence-electron chi connectivity index (χ0n) is 12.9. The lowest BCUT2D eigenvalue weighted by atomic mass is 10.2. The second kappa shape index (κ2) is 7.79. The quantitative estimate of drug-likeness (QED) is 0.839. The van der Waals surface area contributed by atoms with Crippen LogP contribution in [0.5, 0.6) is 5.75 Å². The van der Waals surface area contributed by atoms with Crippen molar-refractivity contribution in [1.82, 2.24) is 5.32 Å². The topological polar surface area (TPSA) is 76.7 Å². The predicted molar refractivity (Wildman–Crippen MR) is 82.8 cm³/mol. The van der Waals surface area contributed by atoms with E-state index in [-0.39, 0.29) is 17.9 Å². The summed E-state index contributed by atoms with van der Waals surface area (Å²) in [4.78, 5) is 23.2. The average Bonchev–Trinajstić information content (AvgIpc) is 2.99. The van der Waals surface area contributed by atoms with Gasteiger partial charge in [-0.05, 0) is 31.9 Å². The molecule has 0 bridgehead atoms. The number of carbonyl (C=O) groups is 2. The Labute approximate surface area is 130 Å². The molecule has 2 atom stereocenters. The van der Waals surface area contributed by atoms with Crippen molar-refractivity contribution in [2.45, 2.75) is 38.9 Å². The van der Waals surface area contributed by atoms with Crippen molar-refractivity contribution in [1.29, 1.82) is 0 Å².